The topological polar surface area (TPSA) is 244 Å². The molecule has 0 unspecified atom stereocenters. The van der Waals surface area contributed by atoms with Crippen molar-refractivity contribution in [1.82, 2.24) is 80.7 Å². The van der Waals surface area contributed by atoms with Crippen LogP contribution < -0.4 is 21.3 Å². The van der Waals surface area contributed by atoms with Crippen LogP contribution in [0.15, 0.2) is 72.8 Å². The van der Waals surface area contributed by atoms with E-state index in [2.05, 4.69) is 70.8 Å². The summed E-state index contributed by atoms with van der Waals surface area (Å²) >= 11 is 0. The Labute approximate surface area is 417 Å². The number of nitrogens with zero attached hydrogens (tertiary/aromatic N) is 8. The first-order chi connectivity index (χ1) is 34.9. The van der Waals surface area contributed by atoms with Crippen LogP contribution in [-0.2, 0) is 22.7 Å². The summed E-state index contributed by atoms with van der Waals surface area (Å²) in [4.78, 5) is 92.3. The number of piperazine rings is 1. The summed E-state index contributed by atoms with van der Waals surface area (Å²) in [7, 11) is 8.05. The number of carbonyl (C=O) groups excluding carboxylic acids is 4. The van der Waals surface area contributed by atoms with Gasteiger partial charge in [0.15, 0.2) is 0 Å². The minimum absolute atomic E-state index is 0.0427. The Bertz CT molecular complexity index is 2980. The van der Waals surface area contributed by atoms with Crippen molar-refractivity contribution in [3.8, 4) is 22.8 Å². The molecular formula is C52H64N16O4. The molecule has 0 radical (unpaired) electrons. The Morgan fingerprint density at radius 1 is 0.500 bits per heavy atom. The third-order valence-electron chi connectivity index (χ3n) is 12.9. The number of benzene rings is 4. The van der Waals surface area contributed by atoms with Crippen molar-refractivity contribution < 1.29 is 19.2 Å². The van der Waals surface area contributed by atoms with Crippen molar-refractivity contribution in [1.29, 1.82) is 0 Å². The molecule has 1 aliphatic heterocycles. The minimum Gasteiger partial charge on any atom is -0.352 e. The van der Waals surface area contributed by atoms with E-state index >= 15 is 0 Å². The Morgan fingerprint density at radius 3 is 1.31 bits per heavy atom. The second kappa shape index (κ2) is 22.7. The van der Waals surface area contributed by atoms with Gasteiger partial charge in [-0.05, 0) is 127 Å². The van der Waals surface area contributed by atoms with Gasteiger partial charge in [0, 0.05) is 87.5 Å². The molecule has 376 valence electrons. The molecule has 72 heavy (non-hydrogen) atoms. The number of rotatable bonds is 22. The number of aromatic amines is 4. The SMILES string of the molecule is CN(C)CCCNC(=O)c1ccc2nc(-c3ccc4nc(CNC(=O)CCN5CCN(CCC(=O)NCc6nc7ccc(-c8nc9ccc(C(=O)NCCCN(C)C)cc9[nH]8)cc7[nH]6)CC5)[nH]c4c3)[nH]c2c1. The molecule has 0 saturated carbocycles. The summed E-state index contributed by atoms with van der Waals surface area (Å²) in [5, 5.41) is 12.0. The predicted molar refractivity (Wildman–Crippen MR) is 279 cm³/mol. The number of hydrogen-bond donors (Lipinski definition) is 8. The Kier molecular flexibility index (Phi) is 15.6. The highest BCUT2D eigenvalue weighted by Crippen LogP contribution is 2.26. The quantitative estimate of drug-likeness (QED) is 0.0446. The summed E-state index contributed by atoms with van der Waals surface area (Å²) in [5.41, 5.74) is 9.25. The highest BCUT2D eigenvalue weighted by molar-refractivity contribution is 5.99. The zero-order valence-corrected chi connectivity index (χ0v) is 41.5. The van der Waals surface area contributed by atoms with Gasteiger partial charge in [0.25, 0.3) is 11.8 Å². The van der Waals surface area contributed by atoms with Gasteiger partial charge >= 0.3 is 0 Å². The van der Waals surface area contributed by atoms with Crippen molar-refractivity contribution in [3.05, 3.63) is 95.6 Å². The molecule has 20 nitrogen and oxygen atoms in total. The van der Waals surface area contributed by atoms with Gasteiger partial charge in [-0.15, -0.1) is 0 Å². The zero-order valence-electron chi connectivity index (χ0n) is 41.5. The Balaban J connectivity index is 0.668. The lowest BCUT2D eigenvalue weighted by atomic mass is 10.2. The van der Waals surface area contributed by atoms with Gasteiger partial charge in [0.05, 0.1) is 57.2 Å². The van der Waals surface area contributed by atoms with Gasteiger partial charge in [-0.25, -0.2) is 19.9 Å². The Morgan fingerprint density at radius 2 is 0.889 bits per heavy atom. The molecule has 1 saturated heterocycles. The molecule has 1 aliphatic rings. The number of fused-ring (bicyclic) bond motifs is 4. The van der Waals surface area contributed by atoms with E-state index < -0.39 is 0 Å². The molecule has 9 rings (SSSR count). The monoisotopic (exact) mass is 977 g/mol. The number of carbonyl (C=O) groups is 4. The summed E-state index contributed by atoms with van der Waals surface area (Å²) < 4.78 is 0. The first-order valence-corrected chi connectivity index (χ1v) is 24.7. The van der Waals surface area contributed by atoms with E-state index in [1.807, 2.05) is 88.9 Å². The van der Waals surface area contributed by atoms with Crippen molar-refractivity contribution >= 4 is 67.8 Å². The van der Waals surface area contributed by atoms with E-state index in [4.69, 9.17) is 9.97 Å². The summed E-state index contributed by atoms with van der Waals surface area (Å²) in [5.74, 6) is 2.39. The van der Waals surface area contributed by atoms with Gasteiger partial charge < -0.3 is 60.8 Å². The smallest absolute Gasteiger partial charge is 0.251 e. The molecule has 4 aromatic carbocycles. The van der Waals surface area contributed by atoms with Crippen LogP contribution in [0.2, 0.25) is 0 Å². The third-order valence-corrected chi connectivity index (χ3v) is 12.9. The van der Waals surface area contributed by atoms with E-state index in [0.717, 1.165) is 107 Å². The van der Waals surface area contributed by atoms with Gasteiger partial charge in [-0.2, -0.15) is 0 Å². The molecule has 20 heteroatoms. The second-order valence-corrected chi connectivity index (χ2v) is 19.0. The van der Waals surface area contributed by atoms with Crippen LogP contribution in [0.3, 0.4) is 0 Å². The van der Waals surface area contributed by atoms with Crippen LogP contribution in [0.1, 0.15) is 58.0 Å². The van der Waals surface area contributed by atoms with E-state index in [1.54, 1.807) is 12.1 Å². The molecule has 1 fully saturated rings. The highest BCUT2D eigenvalue weighted by Gasteiger charge is 2.20. The normalized spacial score (nSPS) is 13.5. The molecule has 0 aliphatic carbocycles. The standard InChI is InChI=1S/C52H64N16O4/c1-65(2)19-5-17-53-51(71)35-9-13-39-43(29-35)63-49(61-39)33-7-11-37-41(27-33)59-45(57-37)31-55-47(69)15-21-67-23-25-68(26-24-67)22-16-48(70)56-32-46-58-38-12-8-34(28-42(38)60-46)50-62-40-14-10-36(30-44(40)64-50)52(72)54-18-6-20-66(3)4/h7-14,27-30H,5-6,15-26,31-32H2,1-4H3,(H,53,71)(H,54,72)(H,55,69)(H,56,70)(H,57,59)(H,58,60)(H,61,63)(H,62,64). The average molecular weight is 977 g/mol. The maximum absolute atomic E-state index is 12.9. The molecule has 5 heterocycles. The van der Waals surface area contributed by atoms with Crippen LogP contribution >= 0.6 is 0 Å². The molecule has 4 aromatic heterocycles. The van der Waals surface area contributed by atoms with E-state index in [9.17, 15) is 19.2 Å². The number of nitrogens with one attached hydrogen (secondary N) is 8. The fourth-order valence-electron chi connectivity index (χ4n) is 8.86. The minimum atomic E-state index is -0.109. The third kappa shape index (κ3) is 12.7. The summed E-state index contributed by atoms with van der Waals surface area (Å²) in [6.07, 6.45) is 2.51. The van der Waals surface area contributed by atoms with Gasteiger partial charge in [-0.1, -0.05) is 0 Å². The number of hydrogen-bond acceptors (Lipinski definition) is 12. The molecular weight excluding hydrogens is 913 g/mol. The first kappa shape index (κ1) is 49.5. The average Bonchev–Trinajstić information content (AvgIpc) is 4.20. The van der Waals surface area contributed by atoms with Gasteiger partial charge in [0.2, 0.25) is 11.8 Å². The zero-order chi connectivity index (χ0) is 50.1. The van der Waals surface area contributed by atoms with Crippen LogP contribution in [0.5, 0.6) is 0 Å². The van der Waals surface area contributed by atoms with E-state index in [-0.39, 0.29) is 36.7 Å². The maximum Gasteiger partial charge on any atom is 0.251 e. The summed E-state index contributed by atoms with van der Waals surface area (Å²) in [6.45, 7) is 8.21. The van der Waals surface area contributed by atoms with Gasteiger partial charge in [0.1, 0.15) is 23.3 Å². The number of H-pyrrole nitrogens is 4. The molecule has 0 atom stereocenters. The number of amides is 4. The molecule has 0 spiro atoms. The van der Waals surface area contributed by atoms with Crippen LogP contribution in [0.4, 0.5) is 0 Å². The Hall–Kier alpha value is -7.52. The lowest BCUT2D eigenvalue weighted by Crippen LogP contribution is -2.47. The predicted octanol–water partition coefficient (Wildman–Crippen LogP) is 4.22. The largest absolute Gasteiger partial charge is 0.352 e. The lowest BCUT2D eigenvalue weighted by molar-refractivity contribution is -0.122. The second-order valence-electron chi connectivity index (χ2n) is 19.0. The van der Waals surface area contributed by atoms with Crippen molar-refractivity contribution in [2.45, 2.75) is 38.8 Å². The van der Waals surface area contributed by atoms with Crippen LogP contribution in [0.25, 0.3) is 66.9 Å². The van der Waals surface area contributed by atoms with Crippen LogP contribution in [0, 0.1) is 0 Å². The molecule has 8 N–H and O–H groups in total. The lowest BCUT2D eigenvalue weighted by Gasteiger charge is -2.34. The highest BCUT2D eigenvalue weighted by atomic mass is 16.2. The van der Waals surface area contributed by atoms with Crippen LogP contribution in [-0.4, -0.2) is 177 Å². The maximum atomic E-state index is 12.9. The fourth-order valence-corrected chi connectivity index (χ4v) is 8.86. The number of aromatic nitrogens is 8. The van der Waals surface area contributed by atoms with Crippen molar-refractivity contribution in [2.24, 2.45) is 0 Å². The first-order valence-electron chi connectivity index (χ1n) is 24.7. The molecule has 0 bridgehead atoms. The van der Waals surface area contributed by atoms with E-state index in [1.165, 1.54) is 0 Å². The fraction of sp³-hybridized carbons (Fsp3) is 0.385. The molecule has 4 amide bonds. The van der Waals surface area contributed by atoms with Gasteiger partial charge in [-0.3, -0.25) is 19.2 Å². The van der Waals surface area contributed by atoms with Crippen molar-refractivity contribution in [3.63, 3.8) is 0 Å². The van der Waals surface area contributed by atoms with E-state index in [0.29, 0.717) is 73.4 Å². The number of imidazole rings is 4. The summed E-state index contributed by atoms with van der Waals surface area (Å²) in [6, 6.07) is 22.7. The van der Waals surface area contributed by atoms with Crippen molar-refractivity contribution in [2.75, 3.05) is 93.6 Å². The molecule has 8 aromatic rings.